The fourth-order valence-corrected chi connectivity index (χ4v) is 9.36. The molecule has 1 heteroatoms. The van der Waals surface area contributed by atoms with Crippen molar-refractivity contribution in [3.63, 3.8) is 0 Å². The van der Waals surface area contributed by atoms with Crippen LogP contribution < -0.4 is 4.90 Å². The molecule has 0 spiro atoms. The highest BCUT2D eigenvalue weighted by molar-refractivity contribution is 6.27. The normalized spacial score (nSPS) is 13.0. The number of anilines is 3. The maximum absolute atomic E-state index is 2.39. The highest BCUT2D eigenvalue weighted by atomic mass is 15.1. The Balaban J connectivity index is 1.04. The van der Waals surface area contributed by atoms with Crippen LogP contribution in [0.5, 0.6) is 0 Å². The van der Waals surface area contributed by atoms with Crippen LogP contribution in [0, 0.1) is 0 Å². The quantitative estimate of drug-likeness (QED) is 0.161. The van der Waals surface area contributed by atoms with Crippen LogP contribution in [-0.2, 0) is 5.41 Å². The Labute approximate surface area is 327 Å². The van der Waals surface area contributed by atoms with Crippen LogP contribution in [0.2, 0.25) is 0 Å². The van der Waals surface area contributed by atoms with Crippen molar-refractivity contribution in [2.24, 2.45) is 0 Å². The molecule has 1 aliphatic carbocycles. The molecule has 0 radical (unpaired) electrons. The van der Waals surface area contributed by atoms with E-state index in [2.05, 4.69) is 219 Å². The first-order chi connectivity index (χ1) is 27.5. The maximum Gasteiger partial charge on any atom is 0.0468 e. The summed E-state index contributed by atoms with van der Waals surface area (Å²) < 4.78 is 0. The minimum absolute atomic E-state index is 0.00208. The van der Waals surface area contributed by atoms with E-state index in [1.54, 1.807) is 0 Å². The first kappa shape index (κ1) is 32.5. The molecular weight excluding hydrogens is 675 g/mol. The van der Waals surface area contributed by atoms with Gasteiger partial charge in [0.05, 0.1) is 0 Å². The number of fused-ring (bicyclic) bond motifs is 10. The van der Waals surface area contributed by atoms with Gasteiger partial charge >= 0.3 is 0 Å². The van der Waals surface area contributed by atoms with E-state index in [-0.39, 0.29) is 5.41 Å². The summed E-state index contributed by atoms with van der Waals surface area (Å²) in [5.74, 6) is 0. The third-order valence-corrected chi connectivity index (χ3v) is 12.2. The summed E-state index contributed by atoms with van der Waals surface area (Å²) in [7, 11) is 0. The monoisotopic (exact) mass is 713 g/mol. The lowest BCUT2D eigenvalue weighted by atomic mass is 9.82. The van der Waals surface area contributed by atoms with Crippen LogP contribution in [0.25, 0.3) is 76.5 Å². The fourth-order valence-electron chi connectivity index (χ4n) is 9.36. The van der Waals surface area contributed by atoms with Crippen molar-refractivity contribution in [1.29, 1.82) is 0 Å². The molecule has 0 atom stereocenters. The molecule has 0 fully saturated rings. The molecule has 264 valence electrons. The van der Waals surface area contributed by atoms with E-state index in [9.17, 15) is 0 Å². The summed E-state index contributed by atoms with van der Waals surface area (Å²) in [4.78, 5) is 2.39. The summed E-state index contributed by atoms with van der Waals surface area (Å²) in [6.07, 6.45) is 0. The summed E-state index contributed by atoms with van der Waals surface area (Å²) in [6, 6.07) is 73.9. The molecule has 11 rings (SSSR count). The van der Waals surface area contributed by atoms with Crippen molar-refractivity contribution in [3.8, 4) is 33.4 Å². The van der Waals surface area contributed by atoms with Crippen LogP contribution in [0.3, 0.4) is 0 Å². The van der Waals surface area contributed by atoms with Gasteiger partial charge < -0.3 is 4.90 Å². The van der Waals surface area contributed by atoms with E-state index >= 15 is 0 Å². The van der Waals surface area contributed by atoms with E-state index in [0.29, 0.717) is 0 Å². The predicted molar refractivity (Wildman–Crippen MR) is 240 cm³/mol. The van der Waals surface area contributed by atoms with E-state index < -0.39 is 0 Å². The zero-order chi connectivity index (χ0) is 37.4. The van der Waals surface area contributed by atoms with Crippen molar-refractivity contribution >= 4 is 60.2 Å². The molecule has 0 aromatic heterocycles. The molecule has 56 heavy (non-hydrogen) atoms. The van der Waals surface area contributed by atoms with Crippen LogP contribution in [0.15, 0.2) is 200 Å². The lowest BCUT2D eigenvalue weighted by molar-refractivity contribution is 0.660. The van der Waals surface area contributed by atoms with Gasteiger partial charge in [-0.15, -0.1) is 0 Å². The van der Waals surface area contributed by atoms with Gasteiger partial charge in [0.1, 0.15) is 0 Å². The van der Waals surface area contributed by atoms with Crippen LogP contribution in [-0.4, -0.2) is 0 Å². The minimum atomic E-state index is -0.00208. The Kier molecular flexibility index (Phi) is 7.28. The molecule has 0 saturated heterocycles. The highest BCUT2D eigenvalue weighted by Crippen LogP contribution is 2.50. The van der Waals surface area contributed by atoms with Gasteiger partial charge in [0.2, 0.25) is 0 Å². The first-order valence-corrected chi connectivity index (χ1v) is 19.6. The van der Waals surface area contributed by atoms with Gasteiger partial charge in [-0.1, -0.05) is 172 Å². The molecule has 0 aliphatic heterocycles. The Morgan fingerprint density at radius 1 is 0.321 bits per heavy atom. The first-order valence-electron chi connectivity index (χ1n) is 19.6. The Morgan fingerprint density at radius 3 is 1.54 bits per heavy atom. The van der Waals surface area contributed by atoms with Crippen molar-refractivity contribution in [1.82, 2.24) is 0 Å². The molecule has 0 bridgehead atoms. The molecule has 1 aliphatic rings. The van der Waals surface area contributed by atoms with E-state index in [1.807, 2.05) is 0 Å². The largest absolute Gasteiger partial charge is 0.310 e. The average Bonchev–Trinajstić information content (AvgIpc) is 3.49. The number of hydrogen-bond donors (Lipinski definition) is 0. The van der Waals surface area contributed by atoms with Gasteiger partial charge in [0, 0.05) is 22.5 Å². The van der Waals surface area contributed by atoms with Crippen molar-refractivity contribution in [2.45, 2.75) is 19.3 Å². The smallest absolute Gasteiger partial charge is 0.0468 e. The second kappa shape index (κ2) is 12.5. The Bertz CT molecular complexity index is 3130. The predicted octanol–water partition coefficient (Wildman–Crippen LogP) is 15.4. The van der Waals surface area contributed by atoms with Gasteiger partial charge in [0.25, 0.3) is 0 Å². The molecule has 0 amide bonds. The summed E-state index contributed by atoms with van der Waals surface area (Å²) in [6.45, 7) is 4.68. The SMILES string of the molecule is CC1(C)c2ccccc2-c2cc(-c3ccc(N(c4ccc(-c5ccccc5)cc4)c4ccc5c(ccc6ccc7ccc8ccccc8c7c65)c4)cc3)ccc21. The molecule has 0 saturated carbocycles. The Morgan fingerprint density at radius 2 is 0.821 bits per heavy atom. The van der Waals surface area contributed by atoms with Gasteiger partial charge in [-0.25, -0.2) is 0 Å². The van der Waals surface area contributed by atoms with Crippen LogP contribution >= 0.6 is 0 Å². The minimum Gasteiger partial charge on any atom is -0.310 e. The van der Waals surface area contributed by atoms with E-state index in [0.717, 1.165) is 17.1 Å². The maximum atomic E-state index is 2.39. The number of benzene rings is 10. The third kappa shape index (κ3) is 5.08. The molecule has 10 aromatic carbocycles. The zero-order valence-electron chi connectivity index (χ0n) is 31.5. The van der Waals surface area contributed by atoms with Gasteiger partial charge in [-0.2, -0.15) is 0 Å². The molecule has 0 heterocycles. The van der Waals surface area contributed by atoms with Crippen molar-refractivity contribution < 1.29 is 0 Å². The standard InChI is InChI=1S/C55H39N/c1-55(2)51-15-9-8-14-49(51)50-35-42(26-33-52(50)55)38-24-29-45(30-25-38)56(44-27-22-37(23-28-44)36-10-4-3-5-11-36)46-31-32-48-43(34-46)21-20-41-19-18-40-17-16-39-12-6-7-13-47(39)53(40)54(41)48/h3-35H,1-2H3. The zero-order valence-corrected chi connectivity index (χ0v) is 31.5. The topological polar surface area (TPSA) is 3.24 Å². The highest BCUT2D eigenvalue weighted by Gasteiger charge is 2.35. The van der Waals surface area contributed by atoms with Crippen LogP contribution in [0.1, 0.15) is 25.0 Å². The summed E-state index contributed by atoms with van der Waals surface area (Å²) in [5.41, 5.74) is 13.7. The summed E-state index contributed by atoms with van der Waals surface area (Å²) >= 11 is 0. The average molecular weight is 714 g/mol. The molecule has 0 unspecified atom stereocenters. The summed E-state index contributed by atoms with van der Waals surface area (Å²) in [5, 5.41) is 10.2. The second-order valence-corrected chi connectivity index (χ2v) is 15.7. The number of hydrogen-bond acceptors (Lipinski definition) is 1. The van der Waals surface area contributed by atoms with Gasteiger partial charge in [0.15, 0.2) is 0 Å². The molecule has 0 N–H and O–H groups in total. The van der Waals surface area contributed by atoms with Gasteiger partial charge in [-0.3, -0.25) is 0 Å². The molecular formula is C55H39N. The van der Waals surface area contributed by atoms with Crippen LogP contribution in [0.4, 0.5) is 17.1 Å². The van der Waals surface area contributed by atoms with Gasteiger partial charge in [-0.05, 0) is 130 Å². The van der Waals surface area contributed by atoms with E-state index in [1.165, 1.54) is 87.6 Å². The molecule has 10 aromatic rings. The number of rotatable bonds is 5. The lowest BCUT2D eigenvalue weighted by Crippen LogP contribution is -2.14. The van der Waals surface area contributed by atoms with Crippen molar-refractivity contribution in [2.75, 3.05) is 4.90 Å². The fraction of sp³-hybridized carbons (Fsp3) is 0.0545. The number of nitrogens with zero attached hydrogens (tertiary/aromatic N) is 1. The Hall–Kier alpha value is -6.96. The van der Waals surface area contributed by atoms with Crippen molar-refractivity contribution in [3.05, 3.63) is 211 Å². The molecule has 1 nitrogen and oxygen atoms in total. The third-order valence-electron chi connectivity index (χ3n) is 12.2. The lowest BCUT2D eigenvalue weighted by Gasteiger charge is -2.26. The van der Waals surface area contributed by atoms with E-state index in [4.69, 9.17) is 0 Å². The second-order valence-electron chi connectivity index (χ2n) is 15.7.